The molecule has 0 spiro atoms. The number of nitrogens with two attached hydrogens (primary N) is 1. The Labute approximate surface area is 91.3 Å². The number of rotatable bonds is 2. The van der Waals surface area contributed by atoms with Crippen molar-refractivity contribution in [1.82, 2.24) is 15.0 Å². The molecule has 78 valence electrons. The summed E-state index contributed by atoms with van der Waals surface area (Å²) in [6, 6.07) is 1.78. The summed E-state index contributed by atoms with van der Waals surface area (Å²) in [6.07, 6.45) is 2.34. The van der Waals surface area contributed by atoms with Crippen LogP contribution >= 0.6 is 11.6 Å². The zero-order valence-corrected chi connectivity index (χ0v) is 8.82. The second-order valence-electron chi connectivity index (χ2n) is 2.90. The molecule has 2 rings (SSSR count). The molecule has 0 bridgehead atoms. The normalized spacial score (nSPS) is 10.5. The number of halogens is 1. The maximum absolute atomic E-state index is 5.69. The number of hydrogen-bond donors (Lipinski definition) is 1. The van der Waals surface area contributed by atoms with Gasteiger partial charge in [-0.25, -0.2) is 0 Å². The highest BCUT2D eigenvalue weighted by atomic mass is 35.5. The minimum atomic E-state index is 0.0840. The molecule has 0 saturated carbocycles. The SMILES string of the molecule is CCc1occc1-c1nc(N)nc(Cl)n1. The molecule has 0 aromatic carbocycles. The van der Waals surface area contributed by atoms with E-state index in [1.165, 1.54) is 0 Å². The van der Waals surface area contributed by atoms with E-state index < -0.39 is 0 Å². The van der Waals surface area contributed by atoms with E-state index in [4.69, 9.17) is 21.8 Å². The van der Waals surface area contributed by atoms with E-state index in [2.05, 4.69) is 15.0 Å². The molecule has 0 unspecified atom stereocenters. The van der Waals surface area contributed by atoms with E-state index in [0.29, 0.717) is 5.82 Å². The Balaban J connectivity index is 2.53. The molecule has 2 aromatic rings. The highest BCUT2D eigenvalue weighted by Gasteiger charge is 2.11. The zero-order valence-electron chi connectivity index (χ0n) is 8.07. The first-order valence-corrected chi connectivity index (χ1v) is 4.82. The molecular formula is C9H9ClN4O. The summed E-state index contributed by atoms with van der Waals surface area (Å²) in [5.74, 6) is 1.35. The molecule has 6 heteroatoms. The van der Waals surface area contributed by atoms with Crippen LogP contribution in [0.5, 0.6) is 0 Å². The fourth-order valence-corrected chi connectivity index (χ4v) is 1.47. The van der Waals surface area contributed by atoms with Gasteiger partial charge in [0.15, 0.2) is 5.82 Å². The molecule has 0 aliphatic carbocycles. The summed E-state index contributed by atoms with van der Waals surface area (Å²) in [5.41, 5.74) is 6.28. The third-order valence-electron chi connectivity index (χ3n) is 1.93. The summed E-state index contributed by atoms with van der Waals surface area (Å²) in [7, 11) is 0. The van der Waals surface area contributed by atoms with Crippen molar-refractivity contribution in [3.63, 3.8) is 0 Å². The average molecular weight is 225 g/mol. The molecule has 2 heterocycles. The van der Waals surface area contributed by atoms with E-state index in [1.807, 2.05) is 6.92 Å². The summed E-state index contributed by atoms with van der Waals surface area (Å²) < 4.78 is 5.26. The Morgan fingerprint density at radius 3 is 2.87 bits per heavy atom. The molecule has 0 fully saturated rings. The largest absolute Gasteiger partial charge is 0.469 e. The van der Waals surface area contributed by atoms with Crippen LogP contribution in [0, 0.1) is 0 Å². The van der Waals surface area contributed by atoms with Crippen LogP contribution in [0.15, 0.2) is 16.7 Å². The van der Waals surface area contributed by atoms with Crippen LogP contribution in [-0.4, -0.2) is 15.0 Å². The van der Waals surface area contributed by atoms with Crippen molar-refractivity contribution in [2.45, 2.75) is 13.3 Å². The molecular weight excluding hydrogens is 216 g/mol. The first-order chi connectivity index (χ1) is 7.20. The van der Waals surface area contributed by atoms with Gasteiger partial charge in [-0.2, -0.15) is 15.0 Å². The van der Waals surface area contributed by atoms with Crippen molar-refractivity contribution in [2.24, 2.45) is 0 Å². The molecule has 0 amide bonds. The summed E-state index contributed by atoms with van der Waals surface area (Å²) in [4.78, 5) is 11.7. The van der Waals surface area contributed by atoms with Crippen molar-refractivity contribution in [3.8, 4) is 11.4 Å². The van der Waals surface area contributed by atoms with E-state index in [1.54, 1.807) is 12.3 Å². The lowest BCUT2D eigenvalue weighted by atomic mass is 10.2. The van der Waals surface area contributed by atoms with Gasteiger partial charge >= 0.3 is 0 Å². The van der Waals surface area contributed by atoms with E-state index in [-0.39, 0.29) is 11.2 Å². The summed E-state index contributed by atoms with van der Waals surface area (Å²) in [5, 5.41) is 0.0840. The van der Waals surface area contributed by atoms with Gasteiger partial charge in [0, 0.05) is 6.42 Å². The lowest BCUT2D eigenvalue weighted by Crippen LogP contribution is -2.00. The number of nitrogen functional groups attached to an aromatic ring is 1. The summed E-state index contributed by atoms with van der Waals surface area (Å²) in [6.45, 7) is 1.98. The van der Waals surface area contributed by atoms with Gasteiger partial charge in [-0.1, -0.05) is 6.92 Å². The molecule has 5 nitrogen and oxygen atoms in total. The smallest absolute Gasteiger partial charge is 0.227 e. The Morgan fingerprint density at radius 1 is 1.40 bits per heavy atom. The van der Waals surface area contributed by atoms with Gasteiger partial charge in [0.25, 0.3) is 0 Å². The zero-order chi connectivity index (χ0) is 10.8. The Kier molecular flexibility index (Phi) is 2.55. The van der Waals surface area contributed by atoms with Crippen LogP contribution in [0.1, 0.15) is 12.7 Å². The van der Waals surface area contributed by atoms with E-state index in [0.717, 1.165) is 17.7 Å². The van der Waals surface area contributed by atoms with Crippen LogP contribution in [0.2, 0.25) is 5.28 Å². The predicted octanol–water partition coefficient (Wildman–Crippen LogP) is 1.93. The van der Waals surface area contributed by atoms with Crippen molar-refractivity contribution in [2.75, 3.05) is 5.73 Å². The van der Waals surface area contributed by atoms with Gasteiger partial charge < -0.3 is 10.2 Å². The van der Waals surface area contributed by atoms with Crippen LogP contribution in [0.4, 0.5) is 5.95 Å². The standard InChI is InChI=1S/C9H9ClN4O/c1-2-6-5(3-4-15-6)7-12-8(10)14-9(11)13-7/h3-4H,2H2,1H3,(H2,11,12,13,14). The lowest BCUT2D eigenvalue weighted by molar-refractivity contribution is 0.517. The fraction of sp³-hybridized carbons (Fsp3) is 0.222. The highest BCUT2D eigenvalue weighted by molar-refractivity contribution is 6.28. The van der Waals surface area contributed by atoms with Crippen molar-refractivity contribution < 1.29 is 4.42 Å². The third-order valence-corrected chi connectivity index (χ3v) is 2.10. The number of aromatic nitrogens is 3. The van der Waals surface area contributed by atoms with Gasteiger partial charge in [0.2, 0.25) is 11.2 Å². The molecule has 0 saturated heterocycles. The van der Waals surface area contributed by atoms with Crippen LogP contribution in [-0.2, 0) is 6.42 Å². The van der Waals surface area contributed by atoms with Crippen LogP contribution in [0.3, 0.4) is 0 Å². The number of anilines is 1. The minimum Gasteiger partial charge on any atom is -0.469 e. The second-order valence-corrected chi connectivity index (χ2v) is 3.24. The number of nitrogens with zero attached hydrogens (tertiary/aromatic N) is 3. The van der Waals surface area contributed by atoms with Gasteiger partial charge in [0.05, 0.1) is 11.8 Å². The monoisotopic (exact) mass is 224 g/mol. The molecule has 0 aliphatic heterocycles. The maximum Gasteiger partial charge on any atom is 0.227 e. The molecule has 2 aromatic heterocycles. The van der Waals surface area contributed by atoms with E-state index >= 15 is 0 Å². The van der Waals surface area contributed by atoms with Gasteiger partial charge in [-0.05, 0) is 17.7 Å². The maximum atomic E-state index is 5.69. The molecule has 0 radical (unpaired) electrons. The van der Waals surface area contributed by atoms with Gasteiger partial charge in [0.1, 0.15) is 5.76 Å². The average Bonchev–Trinajstić information content (AvgIpc) is 2.63. The number of aryl methyl sites for hydroxylation is 1. The van der Waals surface area contributed by atoms with Crippen LogP contribution in [0.25, 0.3) is 11.4 Å². The molecule has 0 aliphatic rings. The lowest BCUT2D eigenvalue weighted by Gasteiger charge is -2.00. The van der Waals surface area contributed by atoms with Crippen molar-refractivity contribution in [3.05, 3.63) is 23.4 Å². The Bertz CT molecular complexity index is 462. The highest BCUT2D eigenvalue weighted by Crippen LogP contribution is 2.23. The first kappa shape index (κ1) is 9.92. The van der Waals surface area contributed by atoms with Crippen LogP contribution < -0.4 is 5.73 Å². The second kappa shape index (κ2) is 3.86. The van der Waals surface area contributed by atoms with Crippen molar-refractivity contribution >= 4 is 17.5 Å². The third kappa shape index (κ3) is 1.92. The van der Waals surface area contributed by atoms with Gasteiger partial charge in [-0.15, -0.1) is 0 Å². The summed E-state index contributed by atoms with van der Waals surface area (Å²) >= 11 is 5.69. The number of hydrogen-bond acceptors (Lipinski definition) is 5. The molecule has 0 atom stereocenters. The topological polar surface area (TPSA) is 77.8 Å². The predicted molar refractivity (Wildman–Crippen MR) is 56.3 cm³/mol. The quantitative estimate of drug-likeness (QED) is 0.843. The van der Waals surface area contributed by atoms with E-state index in [9.17, 15) is 0 Å². The van der Waals surface area contributed by atoms with Crippen molar-refractivity contribution in [1.29, 1.82) is 0 Å². The minimum absolute atomic E-state index is 0.0840. The Hall–Kier alpha value is -1.62. The Morgan fingerprint density at radius 2 is 2.20 bits per heavy atom. The van der Waals surface area contributed by atoms with Gasteiger partial charge in [-0.3, -0.25) is 0 Å². The first-order valence-electron chi connectivity index (χ1n) is 4.44. The fourth-order valence-electron chi connectivity index (χ4n) is 1.30. The molecule has 2 N–H and O–H groups in total. The molecule has 15 heavy (non-hydrogen) atoms. The number of furan rings is 1.